The highest BCUT2D eigenvalue weighted by Crippen LogP contribution is 2.20. The summed E-state index contributed by atoms with van der Waals surface area (Å²) < 4.78 is 5.35. The van der Waals surface area contributed by atoms with Crippen molar-refractivity contribution in [3.05, 3.63) is 36.1 Å². The number of rotatable bonds is 6. The van der Waals surface area contributed by atoms with Gasteiger partial charge in [0.1, 0.15) is 11.8 Å². The van der Waals surface area contributed by atoms with Crippen LogP contribution < -0.4 is 5.32 Å². The highest BCUT2D eigenvalue weighted by molar-refractivity contribution is 6.18. The average Bonchev–Trinajstić information content (AvgIpc) is 2.87. The van der Waals surface area contributed by atoms with E-state index >= 15 is 0 Å². The van der Waals surface area contributed by atoms with E-state index in [4.69, 9.17) is 16.0 Å². The van der Waals surface area contributed by atoms with Crippen molar-refractivity contribution in [2.75, 3.05) is 12.4 Å². The molecule has 0 bridgehead atoms. The number of carbonyl (C=O) groups is 1. The minimum absolute atomic E-state index is 0.0801. The number of furan rings is 1. The van der Waals surface area contributed by atoms with E-state index in [2.05, 4.69) is 12.2 Å². The molecule has 1 unspecified atom stereocenters. The van der Waals surface area contributed by atoms with Crippen molar-refractivity contribution in [3.8, 4) is 0 Å². The molecule has 1 aromatic carbocycles. The third-order valence-corrected chi connectivity index (χ3v) is 3.68. The summed E-state index contributed by atoms with van der Waals surface area (Å²) in [6.07, 6.45) is 3.48. The van der Waals surface area contributed by atoms with Crippen molar-refractivity contribution >= 4 is 28.5 Å². The number of nitrogens with one attached hydrogen (secondary N) is 1. The van der Waals surface area contributed by atoms with Crippen LogP contribution in [-0.2, 0) is 0 Å². The fourth-order valence-electron chi connectivity index (χ4n) is 1.98. The molecule has 0 aliphatic heterocycles. The zero-order valence-electron chi connectivity index (χ0n) is 11.0. The Morgan fingerprint density at radius 2 is 2.21 bits per heavy atom. The summed E-state index contributed by atoms with van der Waals surface area (Å²) in [6.45, 7) is 2.78. The van der Waals surface area contributed by atoms with Gasteiger partial charge in [-0.2, -0.15) is 0 Å². The van der Waals surface area contributed by atoms with Crippen molar-refractivity contribution in [3.63, 3.8) is 0 Å². The number of halogens is 1. The maximum Gasteiger partial charge on any atom is 0.255 e. The summed E-state index contributed by atoms with van der Waals surface area (Å²) in [5, 5.41) is 3.77. The van der Waals surface area contributed by atoms with Gasteiger partial charge in [0, 0.05) is 17.8 Å². The lowest BCUT2D eigenvalue weighted by atomic mass is 10.1. The summed E-state index contributed by atoms with van der Waals surface area (Å²) in [6, 6.07) is 7.54. The highest BCUT2D eigenvalue weighted by atomic mass is 35.5. The molecule has 1 amide bonds. The van der Waals surface area contributed by atoms with E-state index < -0.39 is 0 Å². The van der Waals surface area contributed by atoms with Gasteiger partial charge in [-0.1, -0.05) is 25.1 Å². The maximum absolute atomic E-state index is 12.0. The fourth-order valence-corrected chi connectivity index (χ4v) is 2.13. The van der Waals surface area contributed by atoms with Crippen LogP contribution in [-0.4, -0.2) is 18.3 Å². The molecule has 0 aliphatic carbocycles. The van der Waals surface area contributed by atoms with Crippen LogP contribution >= 0.6 is 11.6 Å². The maximum atomic E-state index is 12.0. The van der Waals surface area contributed by atoms with Crippen molar-refractivity contribution in [2.45, 2.75) is 19.8 Å². The molecule has 1 aromatic heterocycles. The number of para-hydroxylation sites is 1. The zero-order chi connectivity index (χ0) is 13.7. The predicted molar refractivity (Wildman–Crippen MR) is 77.7 cm³/mol. The van der Waals surface area contributed by atoms with E-state index in [1.54, 1.807) is 0 Å². The second kappa shape index (κ2) is 6.62. The number of hydrogen-bond donors (Lipinski definition) is 1. The minimum atomic E-state index is -0.0801. The molecular weight excluding hydrogens is 262 g/mol. The van der Waals surface area contributed by atoms with E-state index in [1.807, 2.05) is 24.3 Å². The zero-order valence-corrected chi connectivity index (χ0v) is 11.7. The Hall–Kier alpha value is -1.48. The SMILES string of the molecule is CC(CCl)CCCNC(=O)c1coc2ccccc12. The molecular formula is C15H18ClNO2. The van der Waals surface area contributed by atoms with Crippen LogP contribution in [0.4, 0.5) is 0 Å². The summed E-state index contributed by atoms with van der Waals surface area (Å²) in [4.78, 5) is 12.0. The Bertz CT molecular complexity index is 550. The summed E-state index contributed by atoms with van der Waals surface area (Å²) in [7, 11) is 0. The Labute approximate surface area is 117 Å². The smallest absolute Gasteiger partial charge is 0.255 e. The molecule has 3 nitrogen and oxygen atoms in total. The van der Waals surface area contributed by atoms with Crippen LogP contribution in [0.5, 0.6) is 0 Å². The molecule has 102 valence electrons. The minimum Gasteiger partial charge on any atom is -0.463 e. The molecule has 0 fully saturated rings. The second-order valence-corrected chi connectivity index (χ2v) is 5.11. The lowest BCUT2D eigenvalue weighted by Crippen LogP contribution is -2.24. The van der Waals surface area contributed by atoms with Gasteiger partial charge < -0.3 is 9.73 Å². The molecule has 4 heteroatoms. The molecule has 0 aliphatic rings. The molecule has 19 heavy (non-hydrogen) atoms. The Kier molecular flexibility index (Phi) is 4.86. The lowest BCUT2D eigenvalue weighted by molar-refractivity contribution is 0.0953. The Balaban J connectivity index is 1.90. The number of alkyl halides is 1. The van der Waals surface area contributed by atoms with Gasteiger partial charge in [0.2, 0.25) is 0 Å². The highest BCUT2D eigenvalue weighted by Gasteiger charge is 2.12. The van der Waals surface area contributed by atoms with E-state index in [1.165, 1.54) is 6.26 Å². The van der Waals surface area contributed by atoms with Gasteiger partial charge >= 0.3 is 0 Å². The first-order valence-electron chi connectivity index (χ1n) is 6.52. The normalized spacial score (nSPS) is 12.5. The fraction of sp³-hybridized carbons (Fsp3) is 0.400. The van der Waals surface area contributed by atoms with Gasteiger partial charge in [-0.05, 0) is 24.8 Å². The first kappa shape index (κ1) is 13.9. The third kappa shape index (κ3) is 3.51. The van der Waals surface area contributed by atoms with Gasteiger partial charge in [0.25, 0.3) is 5.91 Å². The molecule has 0 spiro atoms. The standard InChI is InChI=1S/C15H18ClNO2/c1-11(9-16)5-4-8-17-15(18)13-10-19-14-7-3-2-6-12(13)14/h2-3,6-7,10-11H,4-5,8-9H2,1H3,(H,17,18). The first-order chi connectivity index (χ1) is 9.22. The number of carbonyl (C=O) groups excluding carboxylic acids is 1. The average molecular weight is 280 g/mol. The van der Waals surface area contributed by atoms with Crippen LogP contribution in [0.3, 0.4) is 0 Å². The molecule has 0 saturated carbocycles. The molecule has 2 rings (SSSR count). The van der Waals surface area contributed by atoms with Crippen LogP contribution in [0.1, 0.15) is 30.1 Å². The Morgan fingerprint density at radius 1 is 1.42 bits per heavy atom. The van der Waals surface area contributed by atoms with Crippen LogP contribution in [0.25, 0.3) is 11.0 Å². The van der Waals surface area contributed by atoms with Crippen molar-refractivity contribution < 1.29 is 9.21 Å². The first-order valence-corrected chi connectivity index (χ1v) is 7.06. The van der Waals surface area contributed by atoms with Gasteiger partial charge in [-0.25, -0.2) is 0 Å². The van der Waals surface area contributed by atoms with Gasteiger partial charge in [-0.3, -0.25) is 4.79 Å². The molecule has 0 radical (unpaired) electrons. The largest absolute Gasteiger partial charge is 0.463 e. The van der Waals surface area contributed by atoms with Crippen molar-refractivity contribution in [1.82, 2.24) is 5.32 Å². The number of benzene rings is 1. The number of hydrogen-bond acceptors (Lipinski definition) is 2. The summed E-state index contributed by atoms with van der Waals surface area (Å²) >= 11 is 5.74. The molecule has 0 saturated heterocycles. The van der Waals surface area contributed by atoms with E-state index in [-0.39, 0.29) is 5.91 Å². The summed E-state index contributed by atoms with van der Waals surface area (Å²) in [5.74, 6) is 1.08. The molecule has 1 heterocycles. The van der Waals surface area contributed by atoms with Crippen LogP contribution in [0, 0.1) is 5.92 Å². The van der Waals surface area contributed by atoms with Gasteiger partial charge in [0.05, 0.1) is 5.56 Å². The van der Waals surface area contributed by atoms with E-state index in [0.717, 1.165) is 23.8 Å². The van der Waals surface area contributed by atoms with Crippen molar-refractivity contribution in [1.29, 1.82) is 0 Å². The van der Waals surface area contributed by atoms with Gasteiger partial charge in [-0.15, -0.1) is 11.6 Å². The molecule has 1 N–H and O–H groups in total. The Morgan fingerprint density at radius 3 is 3.00 bits per heavy atom. The monoisotopic (exact) mass is 279 g/mol. The summed E-state index contributed by atoms with van der Waals surface area (Å²) in [5.41, 5.74) is 1.34. The topological polar surface area (TPSA) is 42.2 Å². The number of fused-ring (bicyclic) bond motifs is 1. The van der Waals surface area contributed by atoms with Crippen LogP contribution in [0.15, 0.2) is 34.9 Å². The molecule has 2 aromatic rings. The van der Waals surface area contributed by atoms with Gasteiger partial charge in [0.15, 0.2) is 0 Å². The molecule has 1 atom stereocenters. The number of amides is 1. The van der Waals surface area contributed by atoms with E-state index in [0.29, 0.717) is 23.9 Å². The predicted octanol–water partition coefficient (Wildman–Crippen LogP) is 3.82. The second-order valence-electron chi connectivity index (χ2n) is 4.80. The quantitative estimate of drug-likeness (QED) is 0.645. The van der Waals surface area contributed by atoms with Crippen LogP contribution in [0.2, 0.25) is 0 Å². The van der Waals surface area contributed by atoms with E-state index in [9.17, 15) is 4.79 Å². The third-order valence-electron chi connectivity index (χ3n) is 3.15. The van der Waals surface area contributed by atoms with Crippen molar-refractivity contribution in [2.24, 2.45) is 5.92 Å². The lowest BCUT2D eigenvalue weighted by Gasteiger charge is -2.07.